The van der Waals surface area contributed by atoms with E-state index < -0.39 is 17.2 Å². The fourth-order valence-electron chi connectivity index (χ4n) is 7.06. The summed E-state index contributed by atoms with van der Waals surface area (Å²) < 4.78 is 17.1. The van der Waals surface area contributed by atoms with Crippen molar-refractivity contribution in [2.24, 2.45) is 22.7 Å². The van der Waals surface area contributed by atoms with E-state index in [1.165, 1.54) is 6.08 Å². The zero-order valence-electron chi connectivity index (χ0n) is 17.5. The Bertz CT molecular complexity index is 736. The van der Waals surface area contributed by atoms with E-state index >= 15 is 4.39 Å². The Balaban J connectivity index is 1.76. The minimum absolute atomic E-state index is 0.0529. The molecular weight excluding hydrogens is 391 g/mol. The Morgan fingerprint density at radius 2 is 2.04 bits per heavy atom. The van der Waals surface area contributed by atoms with Crippen molar-refractivity contribution >= 4 is 29.3 Å². The van der Waals surface area contributed by atoms with Crippen molar-refractivity contribution in [2.75, 3.05) is 12.0 Å². The first-order chi connectivity index (χ1) is 13.2. The molecule has 2 unspecified atom stereocenters. The molecule has 0 aromatic heterocycles. The van der Waals surface area contributed by atoms with Gasteiger partial charge in [-0.3, -0.25) is 4.79 Å². The van der Waals surface area contributed by atoms with Gasteiger partial charge < -0.3 is 5.11 Å². The van der Waals surface area contributed by atoms with Gasteiger partial charge in [0.1, 0.15) is 0 Å². The largest absolute Gasteiger partial charge is 0.390 e. The van der Waals surface area contributed by atoms with Crippen LogP contribution in [0.2, 0.25) is 0 Å². The van der Waals surface area contributed by atoms with E-state index in [9.17, 15) is 9.90 Å². The number of carbonyl (C=O) groups excluding carboxylic acids is 1. The van der Waals surface area contributed by atoms with Crippen molar-refractivity contribution in [3.05, 3.63) is 23.8 Å². The van der Waals surface area contributed by atoms with Gasteiger partial charge in [0.2, 0.25) is 0 Å². The third-order valence-corrected chi connectivity index (χ3v) is 12.5. The van der Waals surface area contributed by atoms with Crippen molar-refractivity contribution in [3.8, 4) is 0 Å². The highest BCUT2D eigenvalue weighted by atomic mass is 32.2. The van der Waals surface area contributed by atoms with E-state index in [2.05, 4.69) is 20.1 Å². The first-order valence-electron chi connectivity index (χ1n) is 10.7. The molecule has 2 nitrogen and oxygen atoms in total. The minimum atomic E-state index is -1.69. The molecular formula is C23H33FO2S2. The fourth-order valence-corrected chi connectivity index (χ4v) is 10.2. The Kier molecular flexibility index (Phi) is 5.16. The summed E-state index contributed by atoms with van der Waals surface area (Å²) in [5.41, 5.74) is -1.76. The molecule has 0 spiro atoms. The standard InChI is InChI=1S/C23H33FO2S2/c1-5-12-28-22(27-4)11-9-17-18-7-6-15-13-16(25)8-10-20(15,2)23(18,24)19(26)14-21(17,22)3/h8,10,13,17-19,26H,5-7,9,11-12,14H2,1-4H3/t17-,18-,19?,20-,21-,22-,23?/m0/s1. The topological polar surface area (TPSA) is 37.3 Å². The number of ketones is 1. The van der Waals surface area contributed by atoms with E-state index in [1.54, 1.807) is 12.2 Å². The van der Waals surface area contributed by atoms with Crippen LogP contribution in [0.5, 0.6) is 0 Å². The van der Waals surface area contributed by atoms with Crippen LogP contribution in [0.25, 0.3) is 0 Å². The van der Waals surface area contributed by atoms with Crippen LogP contribution in [0.4, 0.5) is 4.39 Å². The van der Waals surface area contributed by atoms with E-state index in [4.69, 9.17) is 0 Å². The molecule has 0 heterocycles. The normalized spacial score (nSPS) is 50.0. The molecule has 28 heavy (non-hydrogen) atoms. The molecule has 0 aromatic carbocycles. The number of halogens is 1. The van der Waals surface area contributed by atoms with Crippen LogP contribution < -0.4 is 0 Å². The Labute approximate surface area is 177 Å². The predicted octanol–water partition coefficient (Wildman–Crippen LogP) is 5.56. The SMILES string of the molecule is CCCS[C@@]1(SC)CC[C@H]2[C@@H]3CCC4=CC(=O)C=C[C@]4(C)C3(F)C(O)C[C@@]21C. The second kappa shape index (κ2) is 6.88. The van der Waals surface area contributed by atoms with Crippen molar-refractivity contribution in [3.63, 3.8) is 0 Å². The van der Waals surface area contributed by atoms with E-state index in [0.717, 1.165) is 43.4 Å². The molecule has 5 heteroatoms. The molecule has 0 amide bonds. The van der Waals surface area contributed by atoms with Gasteiger partial charge in [0.05, 0.1) is 10.2 Å². The van der Waals surface area contributed by atoms with Crippen LogP contribution in [-0.4, -0.2) is 38.8 Å². The van der Waals surface area contributed by atoms with Gasteiger partial charge in [-0.15, -0.1) is 23.5 Å². The first kappa shape index (κ1) is 21.0. The molecule has 4 aliphatic rings. The van der Waals surface area contributed by atoms with Gasteiger partial charge in [0.25, 0.3) is 0 Å². The summed E-state index contributed by atoms with van der Waals surface area (Å²) >= 11 is 3.96. The average Bonchev–Trinajstić information content (AvgIpc) is 2.94. The molecule has 156 valence electrons. The first-order valence-corrected chi connectivity index (χ1v) is 12.9. The van der Waals surface area contributed by atoms with Gasteiger partial charge in [-0.2, -0.15) is 0 Å². The lowest BCUT2D eigenvalue weighted by Crippen LogP contribution is -2.67. The summed E-state index contributed by atoms with van der Waals surface area (Å²) in [5, 5.41) is 11.4. The maximum absolute atomic E-state index is 17.0. The maximum Gasteiger partial charge on any atom is 0.178 e. The summed E-state index contributed by atoms with van der Waals surface area (Å²) in [5.74, 6) is 1.18. The molecule has 4 aliphatic carbocycles. The highest BCUT2D eigenvalue weighted by molar-refractivity contribution is 8.18. The number of thioether (sulfide) groups is 2. The van der Waals surface area contributed by atoms with Gasteiger partial charge >= 0.3 is 0 Å². The van der Waals surface area contributed by atoms with Gasteiger partial charge in [0.15, 0.2) is 11.5 Å². The highest BCUT2D eigenvalue weighted by Crippen LogP contribution is 2.73. The predicted molar refractivity (Wildman–Crippen MR) is 117 cm³/mol. The molecule has 1 N–H and O–H groups in total. The monoisotopic (exact) mass is 424 g/mol. The zero-order chi connectivity index (χ0) is 20.4. The van der Waals surface area contributed by atoms with Crippen LogP contribution in [-0.2, 0) is 4.79 Å². The van der Waals surface area contributed by atoms with Crippen LogP contribution in [0.1, 0.15) is 59.3 Å². The number of hydrogen-bond acceptors (Lipinski definition) is 4. The van der Waals surface area contributed by atoms with Crippen molar-refractivity contribution in [1.82, 2.24) is 0 Å². The number of hydrogen-bond donors (Lipinski definition) is 1. The van der Waals surface area contributed by atoms with Gasteiger partial charge in [-0.25, -0.2) is 4.39 Å². The molecule has 4 rings (SSSR count). The summed E-state index contributed by atoms with van der Waals surface area (Å²) in [7, 11) is 0. The second-order valence-electron chi connectivity index (χ2n) is 9.61. The van der Waals surface area contributed by atoms with Gasteiger partial charge in [-0.05, 0) is 80.9 Å². The number of fused-ring (bicyclic) bond motifs is 5. The van der Waals surface area contributed by atoms with Crippen molar-refractivity contribution in [1.29, 1.82) is 0 Å². The summed E-state index contributed by atoms with van der Waals surface area (Å²) in [6, 6.07) is 0. The Morgan fingerprint density at radius 3 is 2.71 bits per heavy atom. The number of aliphatic hydroxyl groups is 1. The lowest BCUT2D eigenvalue weighted by Gasteiger charge is -2.63. The van der Waals surface area contributed by atoms with Crippen molar-refractivity contribution in [2.45, 2.75) is 75.1 Å². The summed E-state index contributed by atoms with van der Waals surface area (Å²) in [6.07, 6.45) is 11.3. The maximum atomic E-state index is 17.0. The van der Waals surface area contributed by atoms with Gasteiger partial charge in [0, 0.05) is 11.3 Å². The molecule has 7 atom stereocenters. The smallest absolute Gasteiger partial charge is 0.178 e. The van der Waals surface area contributed by atoms with Crippen LogP contribution in [0, 0.1) is 22.7 Å². The summed E-state index contributed by atoms with van der Waals surface area (Å²) in [6.45, 7) is 6.44. The van der Waals surface area contributed by atoms with Crippen LogP contribution in [0.3, 0.4) is 0 Å². The van der Waals surface area contributed by atoms with Crippen molar-refractivity contribution < 1.29 is 14.3 Å². The highest BCUT2D eigenvalue weighted by Gasteiger charge is 2.72. The average molecular weight is 425 g/mol. The van der Waals surface area contributed by atoms with E-state index in [0.29, 0.717) is 6.42 Å². The molecule has 0 aliphatic heterocycles. The number of aliphatic hydroxyl groups excluding tert-OH is 1. The van der Waals surface area contributed by atoms with E-state index in [1.807, 2.05) is 30.4 Å². The number of allylic oxidation sites excluding steroid dienone is 4. The molecule has 0 radical (unpaired) electrons. The molecule has 0 saturated heterocycles. The number of carbonyl (C=O) groups is 1. The number of alkyl halides is 1. The molecule has 0 bridgehead atoms. The van der Waals surface area contributed by atoms with Crippen LogP contribution >= 0.6 is 23.5 Å². The lowest BCUT2D eigenvalue weighted by molar-refractivity contribution is -0.189. The second-order valence-corrected chi connectivity index (χ2v) is 12.4. The lowest BCUT2D eigenvalue weighted by atomic mass is 9.46. The van der Waals surface area contributed by atoms with E-state index in [-0.39, 0.29) is 27.1 Å². The Morgan fingerprint density at radius 1 is 1.29 bits per heavy atom. The zero-order valence-corrected chi connectivity index (χ0v) is 19.1. The quantitative estimate of drug-likeness (QED) is 0.600. The summed E-state index contributed by atoms with van der Waals surface area (Å²) in [4.78, 5) is 11.9. The third-order valence-electron chi connectivity index (χ3n) is 8.55. The molecule has 3 fully saturated rings. The Hall–Kier alpha value is -0.260. The number of rotatable bonds is 4. The third kappa shape index (κ3) is 2.48. The molecule has 0 aromatic rings. The van der Waals surface area contributed by atoms with Crippen LogP contribution in [0.15, 0.2) is 23.8 Å². The molecule has 3 saturated carbocycles. The minimum Gasteiger partial charge on any atom is -0.390 e. The fraction of sp³-hybridized carbons (Fsp3) is 0.783. The van der Waals surface area contributed by atoms with Gasteiger partial charge in [-0.1, -0.05) is 25.5 Å².